The highest BCUT2D eigenvalue weighted by Gasteiger charge is 2.37. The minimum Gasteiger partial charge on any atom is -0.325 e. The molecule has 2 N–H and O–H groups in total. The number of anilines is 1. The monoisotopic (exact) mass is 454 g/mol. The first-order valence-corrected chi connectivity index (χ1v) is 11.1. The molecule has 1 aromatic heterocycles. The van der Waals surface area contributed by atoms with Crippen LogP contribution in [-0.4, -0.2) is 20.4 Å². The first-order valence-electron chi connectivity index (χ1n) is 8.70. The van der Waals surface area contributed by atoms with E-state index in [4.69, 9.17) is 0 Å². The SMILES string of the molecule is C[C@H](NS(=O)(=O)c1ccccc1C(F)(F)F)C(=O)Nc1cccc(-c2ccsc2)c1. The van der Waals surface area contributed by atoms with E-state index in [0.717, 1.165) is 23.3 Å². The Morgan fingerprint density at radius 1 is 1.03 bits per heavy atom. The van der Waals surface area contributed by atoms with E-state index in [0.29, 0.717) is 11.8 Å². The summed E-state index contributed by atoms with van der Waals surface area (Å²) in [5.41, 5.74) is 0.967. The number of thiophene rings is 1. The van der Waals surface area contributed by atoms with E-state index in [2.05, 4.69) is 5.32 Å². The van der Waals surface area contributed by atoms with Gasteiger partial charge in [-0.1, -0.05) is 24.3 Å². The smallest absolute Gasteiger partial charge is 0.325 e. The second-order valence-corrected chi connectivity index (χ2v) is 8.88. The molecule has 0 aliphatic rings. The Labute approximate surface area is 175 Å². The first-order chi connectivity index (χ1) is 14.1. The van der Waals surface area contributed by atoms with E-state index in [1.54, 1.807) is 18.2 Å². The zero-order valence-corrected chi connectivity index (χ0v) is 17.2. The molecule has 0 spiro atoms. The van der Waals surface area contributed by atoms with E-state index in [-0.39, 0.29) is 0 Å². The van der Waals surface area contributed by atoms with Crippen molar-refractivity contribution in [3.8, 4) is 11.1 Å². The Kier molecular flexibility index (Phi) is 6.30. The number of amides is 1. The van der Waals surface area contributed by atoms with Crippen LogP contribution in [0.5, 0.6) is 0 Å². The summed E-state index contributed by atoms with van der Waals surface area (Å²) in [6.45, 7) is 1.26. The molecule has 0 fully saturated rings. The topological polar surface area (TPSA) is 75.3 Å². The van der Waals surface area contributed by atoms with Crippen LogP contribution in [0.3, 0.4) is 0 Å². The van der Waals surface area contributed by atoms with Gasteiger partial charge >= 0.3 is 6.18 Å². The lowest BCUT2D eigenvalue weighted by Gasteiger charge is -2.17. The van der Waals surface area contributed by atoms with Gasteiger partial charge in [0.15, 0.2) is 0 Å². The molecule has 0 aliphatic heterocycles. The highest BCUT2D eigenvalue weighted by molar-refractivity contribution is 7.89. The molecule has 2 aromatic carbocycles. The number of carbonyl (C=O) groups excluding carboxylic acids is 1. The van der Waals surface area contributed by atoms with Crippen LogP contribution in [0, 0.1) is 0 Å². The molecule has 1 amide bonds. The Balaban J connectivity index is 1.76. The lowest BCUT2D eigenvalue weighted by atomic mass is 10.1. The van der Waals surface area contributed by atoms with Crippen molar-refractivity contribution in [1.29, 1.82) is 0 Å². The summed E-state index contributed by atoms with van der Waals surface area (Å²) in [5, 5.41) is 6.43. The van der Waals surface area contributed by atoms with Crippen LogP contribution in [0.1, 0.15) is 12.5 Å². The zero-order chi connectivity index (χ0) is 21.9. The predicted octanol–water partition coefficient (Wildman–Crippen LogP) is 4.74. The van der Waals surface area contributed by atoms with Crippen molar-refractivity contribution in [1.82, 2.24) is 4.72 Å². The Morgan fingerprint density at radius 3 is 2.43 bits per heavy atom. The van der Waals surface area contributed by atoms with Gasteiger partial charge in [-0.15, -0.1) is 0 Å². The van der Waals surface area contributed by atoms with E-state index in [9.17, 15) is 26.4 Å². The fraction of sp³-hybridized carbons (Fsp3) is 0.150. The van der Waals surface area contributed by atoms with Crippen molar-refractivity contribution in [3.05, 3.63) is 70.9 Å². The van der Waals surface area contributed by atoms with Gasteiger partial charge in [-0.05, 0) is 59.1 Å². The predicted molar refractivity (Wildman–Crippen MR) is 110 cm³/mol. The van der Waals surface area contributed by atoms with Gasteiger partial charge in [-0.25, -0.2) is 8.42 Å². The summed E-state index contributed by atoms with van der Waals surface area (Å²) >= 11 is 1.52. The fourth-order valence-electron chi connectivity index (χ4n) is 2.74. The Hall–Kier alpha value is -2.69. The first kappa shape index (κ1) is 22.0. The third-order valence-electron chi connectivity index (χ3n) is 4.19. The highest BCUT2D eigenvalue weighted by Crippen LogP contribution is 2.34. The van der Waals surface area contributed by atoms with E-state index < -0.39 is 38.6 Å². The van der Waals surface area contributed by atoms with Crippen molar-refractivity contribution in [2.75, 3.05) is 5.32 Å². The Morgan fingerprint density at radius 2 is 1.77 bits per heavy atom. The van der Waals surface area contributed by atoms with Crippen molar-refractivity contribution in [3.63, 3.8) is 0 Å². The normalized spacial score (nSPS) is 13.1. The third kappa shape index (κ3) is 5.07. The van der Waals surface area contributed by atoms with E-state index in [1.165, 1.54) is 24.3 Å². The molecule has 158 valence electrons. The molecule has 0 saturated heterocycles. The van der Waals surface area contributed by atoms with Crippen LogP contribution in [0.2, 0.25) is 0 Å². The number of carbonyl (C=O) groups is 1. The van der Waals surface area contributed by atoms with Gasteiger partial charge < -0.3 is 5.32 Å². The van der Waals surface area contributed by atoms with Crippen LogP contribution < -0.4 is 10.0 Å². The number of hydrogen-bond donors (Lipinski definition) is 2. The number of sulfonamides is 1. The van der Waals surface area contributed by atoms with Gasteiger partial charge in [0, 0.05) is 5.69 Å². The van der Waals surface area contributed by atoms with Crippen molar-refractivity contribution in [2.45, 2.75) is 24.0 Å². The van der Waals surface area contributed by atoms with Gasteiger partial charge in [0.1, 0.15) is 0 Å². The maximum absolute atomic E-state index is 13.1. The summed E-state index contributed by atoms with van der Waals surface area (Å²) in [7, 11) is -4.58. The fourth-order valence-corrected chi connectivity index (χ4v) is 4.84. The number of alkyl halides is 3. The number of halogens is 3. The lowest BCUT2D eigenvalue weighted by molar-refractivity contribution is -0.139. The summed E-state index contributed by atoms with van der Waals surface area (Å²) < 4.78 is 66.4. The van der Waals surface area contributed by atoms with Crippen LogP contribution >= 0.6 is 11.3 Å². The largest absolute Gasteiger partial charge is 0.417 e. The Bertz CT molecular complexity index is 1140. The minimum atomic E-state index is -4.85. The van der Waals surface area contributed by atoms with Gasteiger partial charge in [0.25, 0.3) is 0 Å². The van der Waals surface area contributed by atoms with Crippen molar-refractivity contribution < 1.29 is 26.4 Å². The number of hydrogen-bond acceptors (Lipinski definition) is 4. The van der Waals surface area contributed by atoms with Crippen molar-refractivity contribution >= 4 is 33.0 Å². The molecule has 0 aliphatic carbocycles. The summed E-state index contributed by atoms with van der Waals surface area (Å²) in [5.74, 6) is -0.703. The maximum atomic E-state index is 13.1. The molecule has 3 aromatic rings. The molecule has 0 unspecified atom stereocenters. The van der Waals surface area contributed by atoms with Gasteiger partial charge in [0.05, 0.1) is 16.5 Å². The quantitative estimate of drug-likeness (QED) is 0.565. The summed E-state index contributed by atoms with van der Waals surface area (Å²) in [6.07, 6.45) is -4.85. The molecule has 10 heteroatoms. The zero-order valence-electron chi connectivity index (χ0n) is 15.6. The molecular formula is C20H17F3N2O3S2. The van der Waals surface area contributed by atoms with Crippen LogP contribution in [0.25, 0.3) is 11.1 Å². The standard InChI is InChI=1S/C20H17F3N2O3S2/c1-13(25-30(27,28)18-8-3-2-7-17(18)20(21,22)23)19(26)24-16-6-4-5-14(11-16)15-9-10-29-12-15/h2-13,25H,1H3,(H,24,26)/t13-/m0/s1. The summed E-state index contributed by atoms with van der Waals surface area (Å²) in [4.78, 5) is 11.5. The molecule has 0 radical (unpaired) electrons. The molecule has 0 bridgehead atoms. The molecule has 5 nitrogen and oxygen atoms in total. The molecule has 30 heavy (non-hydrogen) atoms. The second kappa shape index (κ2) is 8.58. The van der Waals surface area contributed by atoms with Gasteiger partial charge in [0.2, 0.25) is 15.9 Å². The van der Waals surface area contributed by atoms with Crippen LogP contribution in [0.15, 0.2) is 70.3 Å². The number of rotatable bonds is 6. The molecule has 0 saturated carbocycles. The molecular weight excluding hydrogens is 437 g/mol. The van der Waals surface area contributed by atoms with Crippen molar-refractivity contribution in [2.24, 2.45) is 0 Å². The maximum Gasteiger partial charge on any atom is 0.417 e. The van der Waals surface area contributed by atoms with E-state index >= 15 is 0 Å². The highest BCUT2D eigenvalue weighted by atomic mass is 32.2. The van der Waals surface area contributed by atoms with Gasteiger partial charge in [-0.2, -0.15) is 29.2 Å². The second-order valence-electron chi connectivity index (χ2n) is 6.42. The lowest BCUT2D eigenvalue weighted by Crippen LogP contribution is -2.42. The summed E-state index contributed by atoms with van der Waals surface area (Å²) in [6, 6.07) is 11.4. The average molecular weight is 454 g/mol. The van der Waals surface area contributed by atoms with Crippen LogP contribution in [0.4, 0.5) is 18.9 Å². The number of benzene rings is 2. The van der Waals surface area contributed by atoms with Gasteiger partial charge in [-0.3, -0.25) is 4.79 Å². The number of nitrogens with one attached hydrogen (secondary N) is 2. The third-order valence-corrected chi connectivity index (χ3v) is 6.47. The molecule has 1 heterocycles. The van der Waals surface area contributed by atoms with E-state index in [1.807, 2.05) is 27.6 Å². The van der Waals surface area contributed by atoms with Crippen LogP contribution in [-0.2, 0) is 21.0 Å². The minimum absolute atomic E-state index is 0.436. The molecule has 1 atom stereocenters. The average Bonchev–Trinajstić information content (AvgIpc) is 3.22. The molecule has 3 rings (SSSR count).